The van der Waals surface area contributed by atoms with Gasteiger partial charge in [-0.2, -0.15) is 0 Å². The summed E-state index contributed by atoms with van der Waals surface area (Å²) in [6, 6.07) is 13.3. The Balaban J connectivity index is 2.39. The van der Waals surface area contributed by atoms with Crippen molar-refractivity contribution in [3.63, 3.8) is 0 Å². The summed E-state index contributed by atoms with van der Waals surface area (Å²) in [7, 11) is -2.28. The van der Waals surface area contributed by atoms with Crippen LogP contribution >= 0.6 is 11.6 Å². The van der Waals surface area contributed by atoms with Crippen LogP contribution in [0.5, 0.6) is 0 Å². The van der Waals surface area contributed by atoms with E-state index in [1.54, 1.807) is 43.3 Å². The van der Waals surface area contributed by atoms with Gasteiger partial charge in [0.1, 0.15) is 12.6 Å². The minimum absolute atomic E-state index is 0.0963. The first-order valence-corrected chi connectivity index (χ1v) is 12.8. The molecule has 0 fully saturated rings. The lowest BCUT2D eigenvalue weighted by Crippen LogP contribution is -2.50. The van der Waals surface area contributed by atoms with Crippen LogP contribution in [0.4, 0.5) is 5.69 Å². The zero-order chi connectivity index (χ0) is 25.0. The predicted octanol–water partition coefficient (Wildman–Crippen LogP) is 3.57. The van der Waals surface area contributed by atoms with E-state index >= 15 is 0 Å². The minimum Gasteiger partial charge on any atom is -0.357 e. The number of nitrogens with one attached hydrogen (secondary N) is 1. The smallest absolute Gasteiger partial charge is 0.244 e. The fraction of sp³-hybridized carbons (Fsp3) is 0.417. The Morgan fingerprint density at radius 1 is 1.09 bits per heavy atom. The lowest BCUT2D eigenvalue weighted by atomic mass is 9.87. The molecule has 180 valence electrons. The second-order valence-electron chi connectivity index (χ2n) is 9.01. The number of carbonyl (C=O) groups is 2. The van der Waals surface area contributed by atoms with Gasteiger partial charge < -0.3 is 10.2 Å². The van der Waals surface area contributed by atoms with Gasteiger partial charge >= 0.3 is 0 Å². The average molecular weight is 494 g/mol. The van der Waals surface area contributed by atoms with Gasteiger partial charge in [-0.1, -0.05) is 56.6 Å². The molecule has 0 bridgehead atoms. The number of anilines is 1. The third-order valence-electron chi connectivity index (χ3n) is 5.36. The fourth-order valence-corrected chi connectivity index (χ4v) is 4.43. The molecular weight excluding hydrogens is 462 g/mol. The zero-order valence-electron chi connectivity index (χ0n) is 19.9. The number of benzene rings is 2. The molecule has 0 aliphatic heterocycles. The second kappa shape index (κ2) is 10.6. The lowest BCUT2D eigenvalue weighted by molar-refractivity contribution is -0.139. The lowest BCUT2D eigenvalue weighted by Gasteiger charge is -2.31. The summed E-state index contributed by atoms with van der Waals surface area (Å²) in [4.78, 5) is 27.0. The molecule has 2 aromatic rings. The monoisotopic (exact) mass is 493 g/mol. The summed E-state index contributed by atoms with van der Waals surface area (Å²) in [5.74, 6) is -0.859. The van der Waals surface area contributed by atoms with Gasteiger partial charge in [0.15, 0.2) is 0 Å². The van der Waals surface area contributed by atoms with Crippen LogP contribution in [0.1, 0.15) is 38.8 Å². The number of amides is 2. The normalized spacial score (nSPS) is 12.7. The van der Waals surface area contributed by atoms with Crippen molar-refractivity contribution in [2.75, 3.05) is 24.2 Å². The molecule has 0 aromatic heterocycles. The zero-order valence-corrected chi connectivity index (χ0v) is 21.5. The largest absolute Gasteiger partial charge is 0.357 e. The van der Waals surface area contributed by atoms with E-state index < -0.39 is 28.5 Å². The number of hydrogen-bond donors (Lipinski definition) is 1. The molecule has 2 amide bonds. The minimum atomic E-state index is -3.76. The van der Waals surface area contributed by atoms with E-state index in [4.69, 9.17) is 11.6 Å². The van der Waals surface area contributed by atoms with Crippen molar-refractivity contribution < 1.29 is 18.0 Å². The Labute approximate surface area is 201 Å². The van der Waals surface area contributed by atoms with Gasteiger partial charge in [-0.15, -0.1) is 0 Å². The summed E-state index contributed by atoms with van der Waals surface area (Å²) in [5, 5.41) is 3.05. The maximum Gasteiger partial charge on any atom is 0.244 e. The Kier molecular flexibility index (Phi) is 8.54. The molecule has 9 heteroatoms. The van der Waals surface area contributed by atoms with Crippen molar-refractivity contribution >= 4 is 39.1 Å². The number of rotatable bonds is 8. The molecule has 1 N–H and O–H groups in total. The van der Waals surface area contributed by atoms with Gasteiger partial charge in [-0.05, 0) is 47.7 Å². The number of sulfonamides is 1. The molecule has 0 heterocycles. The van der Waals surface area contributed by atoms with E-state index in [9.17, 15) is 18.0 Å². The number of likely N-dealkylation sites (N-methyl/N-ethyl adjacent to an activating group) is 1. The van der Waals surface area contributed by atoms with Gasteiger partial charge in [-0.25, -0.2) is 8.42 Å². The third-order valence-corrected chi connectivity index (χ3v) is 6.73. The molecule has 0 aliphatic rings. The summed E-state index contributed by atoms with van der Waals surface area (Å²) in [5.41, 5.74) is 2.06. The maximum atomic E-state index is 13.4. The molecule has 0 unspecified atom stereocenters. The number of halogens is 1. The Morgan fingerprint density at radius 2 is 1.70 bits per heavy atom. The molecule has 0 spiro atoms. The molecule has 0 aliphatic carbocycles. The third kappa shape index (κ3) is 7.20. The van der Waals surface area contributed by atoms with Crippen LogP contribution in [0.2, 0.25) is 5.02 Å². The van der Waals surface area contributed by atoms with Crippen LogP contribution in [-0.2, 0) is 31.6 Å². The molecule has 33 heavy (non-hydrogen) atoms. The van der Waals surface area contributed by atoms with E-state index in [0.717, 1.165) is 21.7 Å². The van der Waals surface area contributed by atoms with Crippen molar-refractivity contribution in [3.8, 4) is 0 Å². The number of hydrogen-bond acceptors (Lipinski definition) is 4. The van der Waals surface area contributed by atoms with Gasteiger partial charge in [0, 0.05) is 18.6 Å². The van der Waals surface area contributed by atoms with Crippen molar-refractivity contribution in [1.29, 1.82) is 0 Å². The van der Waals surface area contributed by atoms with Crippen molar-refractivity contribution in [3.05, 3.63) is 64.7 Å². The van der Waals surface area contributed by atoms with Gasteiger partial charge in [-0.3, -0.25) is 13.9 Å². The van der Waals surface area contributed by atoms with Crippen molar-refractivity contribution in [2.24, 2.45) is 0 Å². The molecular formula is C24H32ClN3O4S. The first-order chi connectivity index (χ1) is 15.2. The van der Waals surface area contributed by atoms with Crippen LogP contribution in [-0.4, -0.2) is 51.0 Å². The molecule has 0 radical (unpaired) electrons. The van der Waals surface area contributed by atoms with Crippen LogP contribution in [0.25, 0.3) is 0 Å². The number of nitrogens with zero attached hydrogens (tertiary/aromatic N) is 2. The first kappa shape index (κ1) is 26.7. The Hall–Kier alpha value is -2.58. The fourth-order valence-electron chi connectivity index (χ4n) is 3.36. The van der Waals surface area contributed by atoms with E-state index in [1.165, 1.54) is 11.9 Å². The summed E-state index contributed by atoms with van der Waals surface area (Å²) < 4.78 is 26.2. The van der Waals surface area contributed by atoms with Crippen LogP contribution in [0.15, 0.2) is 48.5 Å². The highest BCUT2D eigenvalue weighted by molar-refractivity contribution is 7.92. The van der Waals surface area contributed by atoms with Gasteiger partial charge in [0.05, 0.1) is 11.9 Å². The van der Waals surface area contributed by atoms with Crippen LogP contribution in [0.3, 0.4) is 0 Å². The van der Waals surface area contributed by atoms with Crippen LogP contribution < -0.4 is 9.62 Å². The summed E-state index contributed by atoms with van der Waals surface area (Å²) in [6.07, 6.45) is 1.06. The quantitative estimate of drug-likeness (QED) is 0.609. The SMILES string of the molecule is CNC(=O)[C@@H](C)N(Cc1cccc(Cl)c1)C(=O)CN(c1ccc(C(C)(C)C)cc1)S(C)(=O)=O. The van der Waals surface area contributed by atoms with Crippen LogP contribution in [0, 0.1) is 0 Å². The van der Waals surface area contributed by atoms with Gasteiger partial charge in [0.25, 0.3) is 0 Å². The predicted molar refractivity (Wildman–Crippen MR) is 133 cm³/mol. The summed E-state index contributed by atoms with van der Waals surface area (Å²) in [6.45, 7) is 7.46. The highest BCUT2D eigenvalue weighted by Gasteiger charge is 2.30. The first-order valence-electron chi connectivity index (χ1n) is 10.6. The highest BCUT2D eigenvalue weighted by atomic mass is 35.5. The van der Waals surface area contributed by atoms with E-state index in [1.807, 2.05) is 12.1 Å². The maximum absolute atomic E-state index is 13.4. The molecule has 1 atom stereocenters. The topological polar surface area (TPSA) is 86.8 Å². The highest BCUT2D eigenvalue weighted by Crippen LogP contribution is 2.26. The van der Waals surface area contributed by atoms with Crippen molar-refractivity contribution in [1.82, 2.24) is 10.2 Å². The van der Waals surface area contributed by atoms with E-state index in [0.29, 0.717) is 10.7 Å². The molecule has 2 rings (SSSR count). The van der Waals surface area contributed by atoms with Gasteiger partial charge in [0.2, 0.25) is 21.8 Å². The molecule has 2 aromatic carbocycles. The van der Waals surface area contributed by atoms with E-state index in [2.05, 4.69) is 26.1 Å². The molecule has 0 saturated heterocycles. The summed E-state index contributed by atoms with van der Waals surface area (Å²) >= 11 is 6.08. The average Bonchev–Trinajstić information content (AvgIpc) is 2.73. The standard InChI is InChI=1S/C24H32ClN3O4S/c1-17(23(30)26-5)27(15-18-8-7-9-20(25)14-18)22(29)16-28(33(6,31)32)21-12-10-19(11-13-21)24(2,3)4/h7-14,17H,15-16H2,1-6H3,(H,26,30)/t17-/m1/s1. The molecule has 7 nitrogen and oxygen atoms in total. The molecule has 0 saturated carbocycles. The van der Waals surface area contributed by atoms with E-state index in [-0.39, 0.29) is 17.9 Å². The van der Waals surface area contributed by atoms with Crippen molar-refractivity contribution in [2.45, 2.75) is 45.7 Å². The Bertz CT molecular complexity index is 1100. The Morgan fingerprint density at radius 3 is 2.18 bits per heavy atom. The number of carbonyl (C=O) groups excluding carboxylic acids is 2. The second-order valence-corrected chi connectivity index (χ2v) is 11.4.